The quantitative estimate of drug-likeness (QED) is 0.106. The van der Waals surface area contributed by atoms with Gasteiger partial charge >= 0.3 is 7.25 Å². The van der Waals surface area contributed by atoms with E-state index in [-0.39, 0.29) is 0 Å². The summed E-state index contributed by atoms with van der Waals surface area (Å²) in [5, 5.41) is 3.87. The molecule has 5 aromatic rings. The summed E-state index contributed by atoms with van der Waals surface area (Å²) in [6, 6.07) is 19.8. The van der Waals surface area contributed by atoms with Crippen molar-refractivity contribution in [1.82, 2.24) is 4.57 Å². The van der Waals surface area contributed by atoms with Crippen molar-refractivity contribution in [2.45, 2.75) is 15.7 Å². The molecule has 1 aliphatic rings. The molecule has 6 rings (SSSR count). The Hall–Kier alpha value is -2.85. The van der Waals surface area contributed by atoms with Crippen LogP contribution in [0.25, 0.3) is 38.4 Å². The van der Waals surface area contributed by atoms with Crippen molar-refractivity contribution in [3.05, 3.63) is 66.4 Å². The minimum Gasteiger partial charge on any atom is -0.497 e. The molecule has 0 aliphatic carbocycles. The van der Waals surface area contributed by atoms with E-state index in [0.717, 1.165) is 11.5 Å². The number of pyridine rings is 2. The normalized spacial score (nSPS) is 12.9. The van der Waals surface area contributed by atoms with Crippen molar-refractivity contribution >= 4 is 58.1 Å². The minimum atomic E-state index is -6.00. The van der Waals surface area contributed by atoms with E-state index in [1.54, 1.807) is 7.11 Å². The highest BCUT2D eigenvalue weighted by Gasteiger charge is 2.28. The summed E-state index contributed by atoms with van der Waals surface area (Å²) >= 11 is 3.77. The molecule has 0 spiro atoms. The Labute approximate surface area is 208 Å². The number of benzene rings is 2. The van der Waals surface area contributed by atoms with E-state index in [0.29, 0.717) is 0 Å². The smallest absolute Gasteiger partial charge is 0.497 e. The lowest BCUT2D eigenvalue weighted by molar-refractivity contribution is -0.554. The van der Waals surface area contributed by atoms with Crippen molar-refractivity contribution in [2.75, 3.05) is 13.4 Å². The monoisotopic (exact) mass is 516 g/mol. The molecule has 1 aliphatic heterocycles. The van der Waals surface area contributed by atoms with E-state index in [1.807, 2.05) is 29.6 Å². The highest BCUT2D eigenvalue weighted by molar-refractivity contribution is 7.99. The second-order valence-electron chi connectivity index (χ2n) is 8.10. The predicted octanol–water partition coefficient (Wildman–Crippen LogP) is 7.37. The number of nitrogens with zero attached hydrogens (tertiary/aromatic N) is 2. The standard InChI is InChI=1S/C25H21N2OS2.BF4/c1-26-21-12-15(28-2)8-9-16(21)18-10-11-27-22(24(18)26)13-19-17-6-4-5-7-23(17)30-14-20(19)25(27)29-3;2-1(3,4)5/h4-13H,14H2,1-3H3;/q+1;-1. The van der Waals surface area contributed by atoms with Gasteiger partial charge in [0.15, 0.2) is 6.20 Å². The molecule has 0 unspecified atom stereocenters. The van der Waals surface area contributed by atoms with Crippen LogP contribution in [0, 0.1) is 0 Å². The average molecular weight is 516 g/mol. The van der Waals surface area contributed by atoms with Crippen molar-refractivity contribution in [2.24, 2.45) is 7.05 Å². The second-order valence-corrected chi connectivity index (χ2v) is 9.91. The van der Waals surface area contributed by atoms with Gasteiger partial charge in [-0.2, -0.15) is 4.40 Å². The summed E-state index contributed by atoms with van der Waals surface area (Å²) < 4.78 is 49.2. The van der Waals surface area contributed by atoms with E-state index >= 15 is 0 Å². The molecule has 4 heterocycles. The van der Waals surface area contributed by atoms with Crippen molar-refractivity contribution in [3.8, 4) is 16.9 Å². The first-order valence-electron chi connectivity index (χ1n) is 10.8. The Kier molecular flexibility index (Phi) is 6.13. The molecule has 0 amide bonds. The summed E-state index contributed by atoms with van der Waals surface area (Å²) in [5.74, 6) is 1.90. The van der Waals surface area contributed by atoms with Crippen LogP contribution >= 0.6 is 23.5 Å². The van der Waals surface area contributed by atoms with E-state index in [2.05, 4.69) is 77.0 Å². The highest BCUT2D eigenvalue weighted by atomic mass is 32.2. The molecule has 0 fully saturated rings. The van der Waals surface area contributed by atoms with Crippen LogP contribution in [-0.4, -0.2) is 25.2 Å². The Bertz CT molecular complexity index is 1590. The topological polar surface area (TPSA) is 18.3 Å². The van der Waals surface area contributed by atoms with Gasteiger partial charge in [-0.3, -0.25) is 0 Å². The molecular weight excluding hydrogens is 495 g/mol. The third kappa shape index (κ3) is 4.23. The molecule has 10 heteroatoms. The maximum atomic E-state index is 9.75. The number of halogens is 4. The van der Waals surface area contributed by atoms with Crippen LogP contribution in [0.1, 0.15) is 5.56 Å². The molecular formula is C25H21BF4N2OS2. The average Bonchev–Trinajstić information content (AvgIpc) is 3.13. The first kappa shape index (κ1) is 23.9. The molecule has 0 atom stereocenters. The number of aryl methyl sites for hydroxylation is 1. The van der Waals surface area contributed by atoms with E-state index < -0.39 is 7.25 Å². The van der Waals surface area contributed by atoms with Gasteiger partial charge in [0, 0.05) is 57.8 Å². The van der Waals surface area contributed by atoms with Crippen molar-refractivity contribution < 1.29 is 26.4 Å². The van der Waals surface area contributed by atoms with Crippen LogP contribution in [0.2, 0.25) is 0 Å². The summed E-state index contributed by atoms with van der Waals surface area (Å²) in [7, 11) is -2.12. The van der Waals surface area contributed by atoms with Crippen LogP contribution < -0.4 is 9.14 Å². The maximum Gasteiger partial charge on any atom is 0.673 e. The van der Waals surface area contributed by atoms with E-state index in [1.165, 1.54) is 53.9 Å². The first-order chi connectivity index (χ1) is 16.7. The number of ether oxygens (including phenoxy) is 1. The molecule has 0 saturated carbocycles. The van der Waals surface area contributed by atoms with Gasteiger partial charge in [0.1, 0.15) is 11.3 Å². The van der Waals surface area contributed by atoms with Gasteiger partial charge in [-0.1, -0.05) is 30.0 Å². The Morgan fingerprint density at radius 1 is 1.00 bits per heavy atom. The van der Waals surface area contributed by atoms with Crippen LogP contribution in [-0.2, 0) is 12.8 Å². The SMILES string of the molecule is COc1ccc2c3cc[n+]4c(SC)c5c(cc4c3n(C)c2c1)-c1ccccc1SC5.F[B-](F)(F)F. The number of thioether (sulfide) groups is 2. The number of hydrogen-bond acceptors (Lipinski definition) is 3. The molecule has 3 nitrogen and oxygen atoms in total. The second kappa shape index (κ2) is 8.98. The van der Waals surface area contributed by atoms with Gasteiger partial charge in [-0.25, -0.2) is 0 Å². The molecule has 0 bridgehead atoms. The number of hydrogen-bond donors (Lipinski definition) is 0. The van der Waals surface area contributed by atoms with Crippen molar-refractivity contribution in [1.29, 1.82) is 0 Å². The highest BCUT2D eigenvalue weighted by Crippen LogP contribution is 2.44. The number of rotatable bonds is 2. The van der Waals surface area contributed by atoms with E-state index in [4.69, 9.17) is 4.74 Å². The lowest BCUT2D eigenvalue weighted by Gasteiger charge is -2.19. The number of fused-ring (bicyclic) bond motifs is 8. The molecule has 0 N–H and O–H groups in total. The third-order valence-corrected chi connectivity index (χ3v) is 8.09. The Morgan fingerprint density at radius 2 is 1.74 bits per heavy atom. The maximum absolute atomic E-state index is 9.75. The third-order valence-electron chi connectivity index (χ3n) is 6.17. The van der Waals surface area contributed by atoms with Gasteiger partial charge in [0.05, 0.1) is 12.6 Å². The molecule has 0 radical (unpaired) electrons. The first-order valence-corrected chi connectivity index (χ1v) is 13.0. The lowest BCUT2D eigenvalue weighted by atomic mass is 10.0. The molecule has 3 aromatic heterocycles. The summed E-state index contributed by atoms with van der Waals surface area (Å²) in [5.41, 5.74) is 7.84. The Balaban J connectivity index is 0.000000464. The summed E-state index contributed by atoms with van der Waals surface area (Å²) in [4.78, 5) is 1.37. The number of aromatic nitrogens is 2. The Morgan fingerprint density at radius 3 is 2.46 bits per heavy atom. The van der Waals surface area contributed by atoms with E-state index in [9.17, 15) is 17.3 Å². The van der Waals surface area contributed by atoms with Gasteiger partial charge < -0.3 is 26.6 Å². The fourth-order valence-electron chi connectivity index (χ4n) is 4.76. The predicted molar refractivity (Wildman–Crippen MR) is 137 cm³/mol. The largest absolute Gasteiger partial charge is 0.673 e. The zero-order valence-electron chi connectivity index (χ0n) is 19.2. The van der Waals surface area contributed by atoms with Gasteiger partial charge in [0.2, 0.25) is 10.5 Å². The molecule has 35 heavy (non-hydrogen) atoms. The van der Waals surface area contributed by atoms with Gasteiger partial charge in [-0.15, -0.1) is 11.8 Å². The van der Waals surface area contributed by atoms with Crippen LogP contribution in [0.4, 0.5) is 17.3 Å². The van der Waals surface area contributed by atoms with Crippen LogP contribution in [0.3, 0.4) is 0 Å². The fraction of sp³-hybridized carbons (Fsp3) is 0.160. The van der Waals surface area contributed by atoms with Gasteiger partial charge in [-0.05, 0) is 30.0 Å². The van der Waals surface area contributed by atoms with Gasteiger partial charge in [0.25, 0.3) is 0 Å². The summed E-state index contributed by atoms with van der Waals surface area (Å²) in [6.07, 6.45) is 4.42. The van der Waals surface area contributed by atoms with Crippen LogP contribution in [0.15, 0.2) is 70.7 Å². The zero-order valence-corrected chi connectivity index (χ0v) is 20.8. The molecule has 180 valence electrons. The fourth-order valence-corrected chi connectivity index (χ4v) is 6.74. The summed E-state index contributed by atoms with van der Waals surface area (Å²) in [6.45, 7) is 0. The zero-order chi connectivity index (χ0) is 24.9. The molecule has 2 aromatic carbocycles. The number of methoxy groups -OCH3 is 1. The minimum absolute atomic E-state index is 0.887. The molecule has 0 saturated heterocycles. The van der Waals surface area contributed by atoms with Crippen molar-refractivity contribution in [3.63, 3.8) is 0 Å². The lowest BCUT2D eigenvalue weighted by Crippen LogP contribution is -2.27. The van der Waals surface area contributed by atoms with Crippen LogP contribution in [0.5, 0.6) is 5.75 Å².